The summed E-state index contributed by atoms with van der Waals surface area (Å²) in [7, 11) is 0. The molecule has 0 spiro atoms. The molecule has 0 aliphatic carbocycles. The molecule has 2 rings (SSSR count). The van der Waals surface area contributed by atoms with Crippen LogP contribution in [-0.4, -0.2) is 15.0 Å². The molecule has 0 amide bonds. The molecular weight excluding hydrogens is 218 g/mol. The lowest BCUT2D eigenvalue weighted by Gasteiger charge is -1.92. The summed E-state index contributed by atoms with van der Waals surface area (Å²) in [5, 5.41) is 0. The van der Waals surface area contributed by atoms with Crippen molar-refractivity contribution in [2.45, 2.75) is 0 Å². The molecule has 0 saturated heterocycles. The largest absolute Gasteiger partial charge is 0.331 e. The van der Waals surface area contributed by atoms with E-state index in [0.29, 0.717) is 0 Å². The first-order valence-corrected chi connectivity index (χ1v) is 4.27. The molecule has 2 aromatic heterocycles. The van der Waals surface area contributed by atoms with Crippen molar-refractivity contribution in [2.24, 2.45) is 0 Å². The van der Waals surface area contributed by atoms with E-state index < -0.39 is 0 Å². The average Bonchev–Trinajstić information content (AvgIpc) is 2.54. The summed E-state index contributed by atoms with van der Waals surface area (Å²) in [6.07, 6.45) is 3.50. The zero-order valence-corrected chi connectivity index (χ0v) is 7.75. The summed E-state index contributed by atoms with van der Waals surface area (Å²) >= 11 is 3.23. The molecule has 0 unspecified atom stereocenters. The van der Waals surface area contributed by atoms with Crippen LogP contribution in [0.25, 0.3) is 11.4 Å². The second kappa shape index (κ2) is 3.06. The summed E-state index contributed by atoms with van der Waals surface area (Å²) in [5.41, 5.74) is 1.82. The van der Waals surface area contributed by atoms with Crippen molar-refractivity contribution >= 4 is 15.9 Å². The molecule has 2 aromatic rings. The fourth-order valence-corrected chi connectivity index (χ4v) is 1.27. The molecule has 0 bridgehead atoms. The van der Waals surface area contributed by atoms with Crippen LogP contribution in [0.1, 0.15) is 0 Å². The highest BCUT2D eigenvalue weighted by atomic mass is 79.9. The number of imidazole rings is 1. The molecular formula is C8H6BrN3. The van der Waals surface area contributed by atoms with E-state index in [2.05, 4.69) is 30.9 Å². The van der Waals surface area contributed by atoms with Gasteiger partial charge >= 0.3 is 0 Å². The Hall–Kier alpha value is -1.16. The van der Waals surface area contributed by atoms with Crippen LogP contribution in [0.4, 0.5) is 0 Å². The van der Waals surface area contributed by atoms with Gasteiger partial charge in [-0.2, -0.15) is 0 Å². The fourth-order valence-electron chi connectivity index (χ4n) is 0.949. The van der Waals surface area contributed by atoms with E-state index in [4.69, 9.17) is 0 Å². The maximum Gasteiger partial charge on any atom is 0.174 e. The van der Waals surface area contributed by atoms with Crippen molar-refractivity contribution in [2.75, 3.05) is 0 Å². The van der Waals surface area contributed by atoms with E-state index in [0.717, 1.165) is 16.1 Å². The van der Waals surface area contributed by atoms with Crippen molar-refractivity contribution in [1.29, 1.82) is 0 Å². The minimum absolute atomic E-state index is 0.725. The molecule has 0 fully saturated rings. The Labute approximate surface area is 78.0 Å². The Morgan fingerprint density at radius 3 is 2.75 bits per heavy atom. The molecule has 1 N–H and O–H groups in total. The third kappa shape index (κ3) is 1.38. The molecule has 0 radical (unpaired) electrons. The summed E-state index contributed by atoms with van der Waals surface area (Å²) in [6.45, 7) is 0. The Balaban J connectivity index is 2.45. The quantitative estimate of drug-likeness (QED) is 0.806. The van der Waals surface area contributed by atoms with Crippen LogP contribution in [0.15, 0.2) is 35.3 Å². The van der Waals surface area contributed by atoms with Crippen molar-refractivity contribution < 1.29 is 0 Å². The van der Waals surface area contributed by atoms with Crippen LogP contribution >= 0.6 is 15.9 Å². The van der Waals surface area contributed by atoms with E-state index in [9.17, 15) is 0 Å². The van der Waals surface area contributed by atoms with Gasteiger partial charge in [-0.3, -0.25) is 4.98 Å². The van der Waals surface area contributed by atoms with E-state index in [1.165, 1.54) is 0 Å². The predicted octanol–water partition coefficient (Wildman–Crippen LogP) is 2.23. The third-order valence-electron chi connectivity index (χ3n) is 1.49. The maximum absolute atomic E-state index is 4.17. The number of halogens is 1. The fraction of sp³-hybridized carbons (Fsp3) is 0. The first-order chi connectivity index (χ1) is 5.86. The van der Waals surface area contributed by atoms with Crippen molar-refractivity contribution in [3.8, 4) is 11.4 Å². The van der Waals surface area contributed by atoms with Gasteiger partial charge in [0.05, 0.1) is 17.6 Å². The van der Waals surface area contributed by atoms with Crippen LogP contribution in [0, 0.1) is 0 Å². The topological polar surface area (TPSA) is 41.6 Å². The second-order valence-electron chi connectivity index (χ2n) is 2.30. The molecule has 0 aliphatic heterocycles. The van der Waals surface area contributed by atoms with E-state index >= 15 is 0 Å². The summed E-state index contributed by atoms with van der Waals surface area (Å²) < 4.78 is 0.725. The van der Waals surface area contributed by atoms with Crippen LogP contribution in [0.5, 0.6) is 0 Å². The van der Waals surface area contributed by atoms with Gasteiger partial charge in [-0.1, -0.05) is 6.07 Å². The van der Waals surface area contributed by atoms with E-state index in [-0.39, 0.29) is 0 Å². The molecule has 3 nitrogen and oxygen atoms in total. The van der Waals surface area contributed by atoms with E-state index in [1.807, 2.05) is 18.2 Å². The monoisotopic (exact) mass is 223 g/mol. The van der Waals surface area contributed by atoms with Gasteiger partial charge in [0.25, 0.3) is 0 Å². The van der Waals surface area contributed by atoms with E-state index in [1.54, 1.807) is 12.4 Å². The van der Waals surface area contributed by atoms with Crippen molar-refractivity contribution in [1.82, 2.24) is 15.0 Å². The normalized spacial score (nSPS) is 10.1. The summed E-state index contributed by atoms with van der Waals surface area (Å²) in [5.74, 6) is 0. The first kappa shape index (κ1) is 7.49. The zero-order valence-electron chi connectivity index (χ0n) is 6.16. The molecule has 4 heteroatoms. The van der Waals surface area contributed by atoms with Gasteiger partial charge < -0.3 is 4.98 Å². The maximum atomic E-state index is 4.17. The third-order valence-corrected chi connectivity index (χ3v) is 1.89. The van der Waals surface area contributed by atoms with Crippen LogP contribution in [-0.2, 0) is 0 Å². The van der Waals surface area contributed by atoms with Gasteiger partial charge in [0, 0.05) is 6.20 Å². The molecule has 0 saturated carbocycles. The van der Waals surface area contributed by atoms with Gasteiger partial charge in [-0.15, -0.1) is 0 Å². The summed E-state index contributed by atoms with van der Waals surface area (Å²) in [6, 6.07) is 5.76. The number of hydrogen-bond acceptors (Lipinski definition) is 2. The molecule has 0 atom stereocenters. The molecule has 0 aliphatic rings. The number of hydrogen-bond donors (Lipinski definition) is 1. The molecule has 0 aromatic carbocycles. The number of nitrogens with one attached hydrogen (secondary N) is 1. The van der Waals surface area contributed by atoms with Gasteiger partial charge in [-0.25, -0.2) is 4.98 Å². The highest BCUT2D eigenvalue weighted by Crippen LogP contribution is 2.15. The number of nitrogens with zero attached hydrogens (tertiary/aromatic N) is 2. The smallest absolute Gasteiger partial charge is 0.174 e. The number of rotatable bonds is 1. The van der Waals surface area contributed by atoms with Gasteiger partial charge in [0.2, 0.25) is 0 Å². The number of aromatic amines is 1. The second-order valence-corrected chi connectivity index (χ2v) is 3.05. The van der Waals surface area contributed by atoms with Crippen LogP contribution in [0.3, 0.4) is 0 Å². The first-order valence-electron chi connectivity index (χ1n) is 3.48. The lowest BCUT2D eigenvalue weighted by Crippen LogP contribution is -1.80. The molecule has 12 heavy (non-hydrogen) atoms. The Bertz CT molecular complexity index is 369. The Morgan fingerprint density at radius 1 is 1.25 bits per heavy atom. The lowest BCUT2D eigenvalue weighted by molar-refractivity contribution is 1.22. The van der Waals surface area contributed by atoms with Crippen LogP contribution in [0.2, 0.25) is 0 Å². The zero-order chi connectivity index (χ0) is 8.39. The minimum atomic E-state index is 0.725. The molecule has 2 heterocycles. The Morgan fingerprint density at radius 2 is 2.17 bits per heavy atom. The average molecular weight is 224 g/mol. The van der Waals surface area contributed by atoms with Gasteiger partial charge in [0.1, 0.15) is 0 Å². The SMILES string of the molecule is Brc1ncc(-c2ccccn2)[nH]1. The minimum Gasteiger partial charge on any atom is -0.331 e. The highest BCUT2D eigenvalue weighted by molar-refractivity contribution is 9.10. The molecule has 60 valence electrons. The number of aromatic nitrogens is 3. The summed E-state index contributed by atoms with van der Waals surface area (Å²) in [4.78, 5) is 11.2. The standard InChI is InChI=1S/C8H6BrN3/c9-8-11-5-7(12-8)6-3-1-2-4-10-6/h1-5H,(H,11,12). The number of H-pyrrole nitrogens is 1. The Kier molecular flexibility index (Phi) is 1.91. The number of pyridine rings is 1. The van der Waals surface area contributed by atoms with Crippen molar-refractivity contribution in [3.05, 3.63) is 35.3 Å². The van der Waals surface area contributed by atoms with Crippen molar-refractivity contribution in [3.63, 3.8) is 0 Å². The van der Waals surface area contributed by atoms with Crippen LogP contribution < -0.4 is 0 Å². The van der Waals surface area contributed by atoms with Gasteiger partial charge in [-0.05, 0) is 28.1 Å². The highest BCUT2D eigenvalue weighted by Gasteiger charge is 2.00. The lowest BCUT2D eigenvalue weighted by atomic mass is 10.3. The van der Waals surface area contributed by atoms with Gasteiger partial charge in [0.15, 0.2) is 4.73 Å². The predicted molar refractivity (Wildman–Crippen MR) is 49.5 cm³/mol.